The highest BCUT2D eigenvalue weighted by Crippen LogP contribution is 2.11. The summed E-state index contributed by atoms with van der Waals surface area (Å²) in [6.07, 6.45) is -0.126. The summed E-state index contributed by atoms with van der Waals surface area (Å²) in [6, 6.07) is 8.46. The summed E-state index contributed by atoms with van der Waals surface area (Å²) in [5.41, 5.74) is -0.341. The van der Waals surface area contributed by atoms with Gasteiger partial charge in [0.1, 0.15) is 5.69 Å². The highest BCUT2D eigenvalue weighted by atomic mass is 16.5. The van der Waals surface area contributed by atoms with Gasteiger partial charge in [-0.25, -0.2) is 4.79 Å². The number of pyridine rings is 1. The first-order chi connectivity index (χ1) is 10.5. The van der Waals surface area contributed by atoms with E-state index in [1.54, 1.807) is 24.3 Å². The number of hydrogen-bond donors (Lipinski definition) is 2. The molecule has 0 bridgehead atoms. The Bertz CT molecular complexity index is 751. The molecule has 0 aliphatic heterocycles. The first-order valence-electron chi connectivity index (χ1n) is 7.13. The second-order valence-corrected chi connectivity index (χ2v) is 4.94. The quantitative estimate of drug-likeness (QED) is 0.821. The van der Waals surface area contributed by atoms with Crippen molar-refractivity contribution >= 4 is 22.6 Å². The Labute approximate surface area is 127 Å². The van der Waals surface area contributed by atoms with Crippen LogP contribution in [0.2, 0.25) is 0 Å². The van der Waals surface area contributed by atoms with Crippen molar-refractivity contribution in [1.82, 2.24) is 10.3 Å². The van der Waals surface area contributed by atoms with E-state index in [9.17, 15) is 14.4 Å². The number of rotatable bonds is 5. The Morgan fingerprint density at radius 1 is 1.32 bits per heavy atom. The summed E-state index contributed by atoms with van der Waals surface area (Å²) >= 11 is 0. The number of aromatic amines is 1. The van der Waals surface area contributed by atoms with Crippen molar-refractivity contribution in [2.75, 3.05) is 6.54 Å². The molecular weight excluding hydrogens is 284 g/mol. The van der Waals surface area contributed by atoms with E-state index in [1.807, 2.05) is 6.92 Å². The number of benzene rings is 1. The maximum Gasteiger partial charge on any atom is 0.355 e. The Balaban J connectivity index is 2.16. The maximum atomic E-state index is 12.1. The Morgan fingerprint density at radius 3 is 2.77 bits per heavy atom. The molecule has 0 saturated carbocycles. The molecule has 1 aromatic carbocycles. The van der Waals surface area contributed by atoms with Crippen molar-refractivity contribution in [2.24, 2.45) is 0 Å². The van der Waals surface area contributed by atoms with Gasteiger partial charge >= 0.3 is 5.97 Å². The van der Waals surface area contributed by atoms with E-state index in [2.05, 4.69) is 10.3 Å². The SMILES string of the molecule is CCCNC(=O)[C@@H](C)OC(=O)c1cc2ccccc2c(=O)[nH]1. The Kier molecular flexibility index (Phi) is 4.93. The molecule has 2 rings (SSSR count). The van der Waals surface area contributed by atoms with Gasteiger partial charge in [0, 0.05) is 11.9 Å². The van der Waals surface area contributed by atoms with E-state index in [0.717, 1.165) is 6.42 Å². The molecule has 0 fully saturated rings. The fraction of sp³-hybridized carbons (Fsp3) is 0.312. The van der Waals surface area contributed by atoms with Crippen LogP contribution in [0.4, 0.5) is 0 Å². The topological polar surface area (TPSA) is 88.3 Å². The van der Waals surface area contributed by atoms with Gasteiger partial charge in [-0.2, -0.15) is 0 Å². The molecular formula is C16H18N2O4. The first-order valence-corrected chi connectivity index (χ1v) is 7.13. The van der Waals surface area contributed by atoms with Crippen molar-refractivity contribution in [2.45, 2.75) is 26.4 Å². The highest BCUT2D eigenvalue weighted by molar-refractivity contribution is 5.94. The highest BCUT2D eigenvalue weighted by Gasteiger charge is 2.19. The molecule has 22 heavy (non-hydrogen) atoms. The number of carbonyl (C=O) groups is 2. The predicted molar refractivity (Wildman–Crippen MR) is 82.7 cm³/mol. The summed E-state index contributed by atoms with van der Waals surface area (Å²) in [6.45, 7) is 3.94. The smallest absolute Gasteiger partial charge is 0.355 e. The molecule has 0 saturated heterocycles. The van der Waals surface area contributed by atoms with Crippen LogP contribution in [0.25, 0.3) is 10.8 Å². The maximum absolute atomic E-state index is 12.1. The number of aromatic nitrogens is 1. The zero-order valence-electron chi connectivity index (χ0n) is 12.5. The lowest BCUT2D eigenvalue weighted by atomic mass is 10.1. The second-order valence-electron chi connectivity index (χ2n) is 4.94. The van der Waals surface area contributed by atoms with E-state index < -0.39 is 12.1 Å². The second kappa shape index (κ2) is 6.89. The van der Waals surface area contributed by atoms with Gasteiger partial charge in [0.15, 0.2) is 6.10 Å². The van der Waals surface area contributed by atoms with Crippen molar-refractivity contribution in [3.05, 3.63) is 46.4 Å². The van der Waals surface area contributed by atoms with E-state index in [-0.39, 0.29) is 17.2 Å². The number of esters is 1. The average molecular weight is 302 g/mol. The molecule has 2 N–H and O–H groups in total. The number of fused-ring (bicyclic) bond motifs is 1. The normalized spacial score (nSPS) is 11.9. The minimum atomic E-state index is -0.922. The Morgan fingerprint density at radius 2 is 2.05 bits per heavy atom. The van der Waals surface area contributed by atoms with Gasteiger partial charge in [-0.05, 0) is 30.9 Å². The third-order valence-corrected chi connectivity index (χ3v) is 3.18. The van der Waals surface area contributed by atoms with Gasteiger partial charge in [-0.15, -0.1) is 0 Å². The van der Waals surface area contributed by atoms with E-state index >= 15 is 0 Å². The molecule has 0 radical (unpaired) electrons. The molecule has 116 valence electrons. The molecule has 1 heterocycles. The van der Waals surface area contributed by atoms with Crippen LogP contribution in [0.5, 0.6) is 0 Å². The van der Waals surface area contributed by atoms with Crippen LogP contribution >= 0.6 is 0 Å². The number of ether oxygens (including phenoxy) is 1. The van der Waals surface area contributed by atoms with Gasteiger partial charge in [-0.1, -0.05) is 25.1 Å². The molecule has 0 unspecified atom stereocenters. The Hall–Kier alpha value is -2.63. The molecule has 0 aliphatic carbocycles. The van der Waals surface area contributed by atoms with Crippen LogP contribution in [0.1, 0.15) is 30.8 Å². The van der Waals surface area contributed by atoms with Crippen LogP contribution in [-0.2, 0) is 9.53 Å². The van der Waals surface area contributed by atoms with E-state index in [4.69, 9.17) is 4.74 Å². The summed E-state index contributed by atoms with van der Waals surface area (Å²) in [5, 5.41) is 3.78. The van der Waals surface area contributed by atoms with Gasteiger partial charge in [0.05, 0.1) is 0 Å². The van der Waals surface area contributed by atoms with Gasteiger partial charge < -0.3 is 15.0 Å². The molecule has 6 heteroatoms. The number of hydrogen-bond acceptors (Lipinski definition) is 4. The standard InChI is InChI=1S/C16H18N2O4/c1-3-8-17-14(19)10(2)22-16(21)13-9-11-6-4-5-7-12(11)15(20)18-13/h4-7,9-10H,3,8H2,1-2H3,(H,17,19)(H,18,20)/t10-/m1/s1. The summed E-state index contributed by atoms with van der Waals surface area (Å²) in [4.78, 5) is 38.1. The minimum Gasteiger partial charge on any atom is -0.448 e. The van der Waals surface area contributed by atoms with Gasteiger partial charge in [0.25, 0.3) is 11.5 Å². The number of H-pyrrole nitrogens is 1. The van der Waals surface area contributed by atoms with Crippen LogP contribution in [0.15, 0.2) is 35.1 Å². The molecule has 1 amide bonds. The molecule has 2 aromatic rings. The number of amides is 1. The minimum absolute atomic E-state index is 0.0267. The number of carbonyl (C=O) groups excluding carboxylic acids is 2. The summed E-state index contributed by atoms with van der Waals surface area (Å²) < 4.78 is 5.08. The molecule has 1 aromatic heterocycles. The lowest BCUT2D eigenvalue weighted by Crippen LogP contribution is -2.36. The van der Waals surface area contributed by atoms with Crippen LogP contribution in [-0.4, -0.2) is 29.5 Å². The van der Waals surface area contributed by atoms with Crippen LogP contribution < -0.4 is 10.9 Å². The number of nitrogens with one attached hydrogen (secondary N) is 2. The molecule has 0 aliphatic rings. The van der Waals surface area contributed by atoms with Crippen molar-refractivity contribution in [3.8, 4) is 0 Å². The fourth-order valence-corrected chi connectivity index (χ4v) is 1.99. The lowest BCUT2D eigenvalue weighted by Gasteiger charge is -2.13. The zero-order valence-corrected chi connectivity index (χ0v) is 12.5. The van der Waals surface area contributed by atoms with E-state index in [1.165, 1.54) is 13.0 Å². The first kappa shape index (κ1) is 15.8. The van der Waals surface area contributed by atoms with Crippen molar-refractivity contribution in [3.63, 3.8) is 0 Å². The predicted octanol–water partition coefficient (Wildman–Crippen LogP) is 1.60. The summed E-state index contributed by atoms with van der Waals surface area (Å²) in [5.74, 6) is -1.10. The van der Waals surface area contributed by atoms with E-state index in [0.29, 0.717) is 17.3 Å². The third kappa shape index (κ3) is 3.52. The van der Waals surface area contributed by atoms with Crippen LogP contribution in [0.3, 0.4) is 0 Å². The third-order valence-electron chi connectivity index (χ3n) is 3.18. The molecule has 1 atom stereocenters. The average Bonchev–Trinajstić information content (AvgIpc) is 2.52. The fourth-order valence-electron chi connectivity index (χ4n) is 1.99. The zero-order chi connectivity index (χ0) is 16.1. The summed E-state index contributed by atoms with van der Waals surface area (Å²) in [7, 11) is 0. The van der Waals surface area contributed by atoms with Crippen LogP contribution in [0, 0.1) is 0 Å². The largest absolute Gasteiger partial charge is 0.448 e. The lowest BCUT2D eigenvalue weighted by molar-refractivity contribution is -0.129. The molecule has 0 spiro atoms. The van der Waals surface area contributed by atoms with Crippen molar-refractivity contribution in [1.29, 1.82) is 0 Å². The van der Waals surface area contributed by atoms with Crippen molar-refractivity contribution < 1.29 is 14.3 Å². The van der Waals surface area contributed by atoms with Gasteiger partial charge in [-0.3, -0.25) is 9.59 Å². The monoisotopic (exact) mass is 302 g/mol. The molecule has 6 nitrogen and oxygen atoms in total. The van der Waals surface area contributed by atoms with Gasteiger partial charge in [0.2, 0.25) is 0 Å².